The van der Waals surface area contributed by atoms with Crippen LogP contribution in [0.5, 0.6) is 0 Å². The predicted molar refractivity (Wildman–Crippen MR) is 41.9 cm³/mol. The van der Waals surface area contributed by atoms with Crippen molar-refractivity contribution in [2.45, 2.75) is 18.4 Å². The first-order valence-electron chi connectivity index (χ1n) is 3.21. The largest absolute Gasteiger partial charge is 0.481 e. The van der Waals surface area contributed by atoms with Crippen molar-refractivity contribution in [1.82, 2.24) is 0 Å². The highest BCUT2D eigenvalue weighted by Gasteiger charge is 2.32. The quantitative estimate of drug-likeness (QED) is 0.629. The summed E-state index contributed by atoms with van der Waals surface area (Å²) in [5.74, 6) is -0.854. The molecule has 3 N–H and O–H groups in total. The summed E-state index contributed by atoms with van der Waals surface area (Å²) in [5, 5.41) is 8.40. The van der Waals surface area contributed by atoms with E-state index < -0.39 is 11.5 Å². The first kappa shape index (κ1) is 10.7. The van der Waals surface area contributed by atoms with E-state index in [2.05, 4.69) is 0 Å². The van der Waals surface area contributed by atoms with Gasteiger partial charge < -0.3 is 15.6 Å². The van der Waals surface area contributed by atoms with Gasteiger partial charge in [0.2, 0.25) is 0 Å². The lowest BCUT2D eigenvalue weighted by Gasteiger charge is -2.17. The van der Waals surface area contributed by atoms with E-state index in [-0.39, 0.29) is 18.8 Å². The molecular weight excluding hydrogens is 170 g/mol. The summed E-state index contributed by atoms with van der Waals surface area (Å²) in [7, 11) is 0. The number of hydrogen-bond donors (Lipinski definition) is 2. The van der Waals surface area contributed by atoms with Gasteiger partial charge in [-0.15, -0.1) is 12.4 Å². The number of aliphatic carboxylic acids is 1. The molecule has 0 aromatic carbocycles. The molecule has 1 atom stereocenters. The second kappa shape index (κ2) is 3.90. The first-order valence-corrected chi connectivity index (χ1v) is 3.21. The van der Waals surface area contributed by atoms with Crippen LogP contribution in [0, 0.1) is 0 Å². The van der Waals surface area contributed by atoms with Crippen LogP contribution in [-0.2, 0) is 9.53 Å². The van der Waals surface area contributed by atoms with E-state index in [4.69, 9.17) is 15.6 Å². The molecular formula is C6H12ClNO3. The van der Waals surface area contributed by atoms with Gasteiger partial charge in [0.15, 0.2) is 0 Å². The summed E-state index contributed by atoms with van der Waals surface area (Å²) in [5.41, 5.74) is 5.05. The van der Waals surface area contributed by atoms with Crippen molar-refractivity contribution in [3.05, 3.63) is 0 Å². The molecule has 0 spiro atoms. The van der Waals surface area contributed by atoms with E-state index in [1.54, 1.807) is 0 Å². The molecule has 1 heterocycles. The van der Waals surface area contributed by atoms with Crippen molar-refractivity contribution >= 4 is 18.4 Å². The summed E-state index contributed by atoms with van der Waals surface area (Å²) >= 11 is 0. The Morgan fingerprint density at radius 1 is 1.73 bits per heavy atom. The number of hydrogen-bond acceptors (Lipinski definition) is 3. The second-order valence-electron chi connectivity index (χ2n) is 2.74. The fourth-order valence-corrected chi connectivity index (χ4v) is 1.06. The molecule has 11 heavy (non-hydrogen) atoms. The molecule has 1 rings (SSSR count). The number of rotatable bonds is 2. The number of carboxylic acid groups (broad SMARTS) is 1. The van der Waals surface area contributed by atoms with Crippen LogP contribution >= 0.6 is 12.4 Å². The van der Waals surface area contributed by atoms with E-state index in [0.717, 1.165) is 0 Å². The molecule has 1 aliphatic rings. The number of carbonyl (C=O) groups is 1. The zero-order valence-electron chi connectivity index (χ0n) is 6.08. The summed E-state index contributed by atoms with van der Waals surface area (Å²) < 4.78 is 4.97. The van der Waals surface area contributed by atoms with Gasteiger partial charge in [0.1, 0.15) is 0 Å². The molecule has 4 nitrogen and oxygen atoms in total. The molecule has 1 fully saturated rings. The average Bonchev–Trinajstić information content (AvgIpc) is 2.12. The Morgan fingerprint density at radius 2 is 2.36 bits per heavy atom. The van der Waals surface area contributed by atoms with Crippen LogP contribution < -0.4 is 5.73 Å². The van der Waals surface area contributed by atoms with Crippen LogP contribution in [0.1, 0.15) is 12.8 Å². The maximum Gasteiger partial charge on any atom is 0.305 e. The maximum atomic E-state index is 10.2. The summed E-state index contributed by atoms with van der Waals surface area (Å²) in [4.78, 5) is 10.2. The molecule has 1 saturated heterocycles. The zero-order valence-corrected chi connectivity index (χ0v) is 6.89. The zero-order chi connectivity index (χ0) is 7.61. The summed E-state index contributed by atoms with van der Waals surface area (Å²) in [6.45, 7) is 0.961. The lowest BCUT2D eigenvalue weighted by atomic mass is 9.96. The highest BCUT2D eigenvalue weighted by Crippen LogP contribution is 2.18. The molecule has 0 radical (unpaired) electrons. The number of carboxylic acids is 1. The van der Waals surface area contributed by atoms with Gasteiger partial charge in [0.05, 0.1) is 18.6 Å². The van der Waals surface area contributed by atoms with Gasteiger partial charge in [-0.2, -0.15) is 0 Å². The minimum atomic E-state index is -0.854. The van der Waals surface area contributed by atoms with E-state index >= 15 is 0 Å². The lowest BCUT2D eigenvalue weighted by molar-refractivity contribution is -0.138. The van der Waals surface area contributed by atoms with Crippen molar-refractivity contribution in [3.63, 3.8) is 0 Å². The van der Waals surface area contributed by atoms with Gasteiger partial charge in [0.25, 0.3) is 0 Å². The maximum absolute atomic E-state index is 10.2. The Balaban J connectivity index is 0.000001000. The molecule has 0 aromatic rings. The molecule has 66 valence electrons. The molecule has 0 saturated carbocycles. The normalized spacial score (nSPS) is 29.5. The van der Waals surface area contributed by atoms with Gasteiger partial charge in [-0.05, 0) is 6.42 Å². The van der Waals surface area contributed by atoms with Crippen LogP contribution in [-0.4, -0.2) is 29.8 Å². The Bertz CT molecular complexity index is 145. The molecule has 0 aliphatic carbocycles. The van der Waals surface area contributed by atoms with Gasteiger partial charge in [0, 0.05) is 6.61 Å². The standard InChI is InChI=1S/C6H11NO3.ClH/c7-6(3-5(8)9)1-2-10-4-6;/h1-4,7H2,(H,8,9);1H. The van der Waals surface area contributed by atoms with Gasteiger partial charge in [-0.3, -0.25) is 4.79 Å². The van der Waals surface area contributed by atoms with Gasteiger partial charge >= 0.3 is 5.97 Å². The topological polar surface area (TPSA) is 72.6 Å². The van der Waals surface area contributed by atoms with Crippen molar-refractivity contribution in [3.8, 4) is 0 Å². The molecule has 0 bridgehead atoms. The molecule has 1 aliphatic heterocycles. The van der Waals surface area contributed by atoms with E-state index in [9.17, 15) is 4.79 Å². The third kappa shape index (κ3) is 3.05. The van der Waals surface area contributed by atoms with Crippen LogP contribution in [0.15, 0.2) is 0 Å². The smallest absolute Gasteiger partial charge is 0.305 e. The summed E-state index contributed by atoms with van der Waals surface area (Å²) in [6, 6.07) is 0. The lowest BCUT2D eigenvalue weighted by Crippen LogP contribution is -2.42. The molecule has 0 amide bonds. The van der Waals surface area contributed by atoms with Crippen LogP contribution in [0.4, 0.5) is 0 Å². The fourth-order valence-electron chi connectivity index (χ4n) is 1.06. The SMILES string of the molecule is Cl.NC1(CC(=O)O)CCOC1. The van der Waals surface area contributed by atoms with E-state index in [1.165, 1.54) is 0 Å². The van der Waals surface area contributed by atoms with Crippen LogP contribution in [0.3, 0.4) is 0 Å². The van der Waals surface area contributed by atoms with Crippen LogP contribution in [0.25, 0.3) is 0 Å². The van der Waals surface area contributed by atoms with E-state index in [0.29, 0.717) is 19.6 Å². The minimum absolute atomic E-state index is 0. The Labute approximate surface area is 71.1 Å². The Hall–Kier alpha value is -0.320. The second-order valence-corrected chi connectivity index (χ2v) is 2.74. The Morgan fingerprint density at radius 3 is 2.73 bits per heavy atom. The van der Waals surface area contributed by atoms with Crippen molar-refractivity contribution in [2.75, 3.05) is 13.2 Å². The minimum Gasteiger partial charge on any atom is -0.481 e. The highest BCUT2D eigenvalue weighted by atomic mass is 35.5. The first-order chi connectivity index (χ1) is 4.62. The van der Waals surface area contributed by atoms with Gasteiger partial charge in [-0.1, -0.05) is 0 Å². The van der Waals surface area contributed by atoms with Crippen LogP contribution in [0.2, 0.25) is 0 Å². The third-order valence-electron chi connectivity index (χ3n) is 1.64. The fraction of sp³-hybridized carbons (Fsp3) is 0.833. The predicted octanol–water partition coefficient (Wildman–Crippen LogP) is 0.000700. The highest BCUT2D eigenvalue weighted by molar-refractivity contribution is 5.85. The number of halogens is 1. The summed E-state index contributed by atoms with van der Waals surface area (Å²) in [6.07, 6.45) is 0.659. The average molecular weight is 182 g/mol. The molecule has 5 heteroatoms. The van der Waals surface area contributed by atoms with Crippen molar-refractivity contribution < 1.29 is 14.6 Å². The van der Waals surface area contributed by atoms with Gasteiger partial charge in [-0.25, -0.2) is 0 Å². The molecule has 1 unspecified atom stereocenters. The van der Waals surface area contributed by atoms with Crippen molar-refractivity contribution in [2.24, 2.45) is 5.73 Å². The Kier molecular flexibility index (Phi) is 3.78. The number of nitrogens with two attached hydrogens (primary N) is 1. The van der Waals surface area contributed by atoms with E-state index in [1.807, 2.05) is 0 Å². The van der Waals surface area contributed by atoms with Crippen molar-refractivity contribution in [1.29, 1.82) is 0 Å². The molecule has 0 aromatic heterocycles. The number of ether oxygens (including phenoxy) is 1. The monoisotopic (exact) mass is 181 g/mol. The third-order valence-corrected chi connectivity index (χ3v) is 1.64.